The number of hydrogen-bond acceptors (Lipinski definition) is 3. The van der Waals surface area contributed by atoms with Gasteiger partial charge in [0.05, 0.1) is 0 Å². The Balaban J connectivity index is 0.000000529. The van der Waals surface area contributed by atoms with Crippen LogP contribution in [-0.2, 0) is 4.79 Å². The Labute approximate surface area is 179 Å². The van der Waals surface area contributed by atoms with Crippen molar-refractivity contribution < 1.29 is 56.2 Å². The molecule has 4 nitrogen and oxygen atoms in total. The Morgan fingerprint density at radius 2 is 1.59 bits per heavy atom. The number of likely N-dealkylation sites (N-methyl/N-ethyl adjacent to an activating group) is 2. The van der Waals surface area contributed by atoms with E-state index in [1.54, 1.807) is 0 Å². The number of carbonyl (C=O) groups is 1. The molecule has 0 aromatic rings. The molecule has 2 rings (SSSR count). The fourth-order valence-electron chi connectivity index (χ4n) is 2.35. The fraction of sp³-hybridized carbons (Fsp3) is 0.824. The van der Waals surface area contributed by atoms with E-state index in [4.69, 9.17) is 0 Å². The molecule has 0 unspecified atom stereocenters. The molecule has 5 heteroatoms. The molecule has 0 saturated heterocycles. The Hall–Kier alpha value is 0.446. The first kappa shape index (κ1) is 22.4. The van der Waals surface area contributed by atoms with Gasteiger partial charge in [-0.3, -0.25) is 4.79 Å². The average Bonchev–Trinajstić information content (AvgIpc) is 2.50. The molecule has 0 radical (unpaired) electrons. The predicted octanol–water partition coefficient (Wildman–Crippen LogP) is 0.606. The van der Waals surface area contributed by atoms with Crippen LogP contribution in [0.3, 0.4) is 0 Å². The van der Waals surface area contributed by atoms with E-state index in [0.29, 0.717) is 6.54 Å². The van der Waals surface area contributed by atoms with Crippen molar-refractivity contribution in [2.45, 2.75) is 52.4 Å². The second-order valence-corrected chi connectivity index (χ2v) is 6.45. The van der Waals surface area contributed by atoms with Gasteiger partial charge in [-0.25, -0.2) is 0 Å². The van der Waals surface area contributed by atoms with E-state index in [2.05, 4.69) is 15.1 Å². The first-order chi connectivity index (χ1) is 10.0. The van der Waals surface area contributed by atoms with Gasteiger partial charge in [0.25, 0.3) is 0 Å². The topological polar surface area (TPSA) is 37.7 Å². The average molecular weight is 334 g/mol. The van der Waals surface area contributed by atoms with Gasteiger partial charge in [0.15, 0.2) is 0 Å². The van der Waals surface area contributed by atoms with Crippen LogP contribution in [0.1, 0.15) is 52.4 Å². The van der Waals surface area contributed by atoms with Gasteiger partial charge in [-0.2, -0.15) is 0 Å². The molecule has 1 fully saturated rings. The van der Waals surface area contributed by atoms with E-state index < -0.39 is 0 Å². The molecule has 1 aliphatic heterocycles. The number of rotatable bonds is 4. The van der Waals surface area contributed by atoms with Crippen molar-refractivity contribution in [3.63, 3.8) is 0 Å². The number of nitrogens with zero attached hydrogens (tertiary/aromatic N) is 3. The van der Waals surface area contributed by atoms with Crippen molar-refractivity contribution in [2.24, 2.45) is 5.92 Å². The van der Waals surface area contributed by atoms with Gasteiger partial charge < -0.3 is 15.1 Å². The summed E-state index contributed by atoms with van der Waals surface area (Å²) in [6, 6.07) is 0. The van der Waals surface area contributed by atoms with Gasteiger partial charge >= 0.3 is 51.4 Å². The monoisotopic (exact) mass is 333 g/mol. The largest absolute Gasteiger partial charge is 1.00 e. The van der Waals surface area contributed by atoms with Crippen molar-refractivity contribution >= 4 is 5.78 Å². The summed E-state index contributed by atoms with van der Waals surface area (Å²) in [6.07, 6.45) is 11.0. The maximum Gasteiger partial charge on any atom is 1.00 e. The zero-order valence-electron chi connectivity index (χ0n) is 15.3. The summed E-state index contributed by atoms with van der Waals surface area (Å²) in [5.41, 5.74) is 0. The Morgan fingerprint density at radius 1 is 1.09 bits per heavy atom. The second kappa shape index (κ2) is 12.8. The van der Waals surface area contributed by atoms with Gasteiger partial charge in [-0.1, -0.05) is 59.4 Å². The van der Waals surface area contributed by atoms with Crippen molar-refractivity contribution in [2.75, 3.05) is 33.7 Å². The first-order valence-electron chi connectivity index (χ1n) is 8.34. The third kappa shape index (κ3) is 9.56. The zero-order chi connectivity index (χ0) is 15.7. The number of Topliss-reactive ketones (excluding diaryl/α,β-unsaturated/α-hetero) is 1. The maximum atomic E-state index is 11.4. The van der Waals surface area contributed by atoms with Crippen LogP contribution in [0.5, 0.6) is 0 Å². The number of ketones is 1. The maximum absolute atomic E-state index is 11.4. The molecule has 1 heterocycles. The summed E-state index contributed by atoms with van der Waals surface area (Å²) in [5, 5.41) is 4.33. The van der Waals surface area contributed by atoms with Crippen LogP contribution < -0.4 is 51.4 Å². The SMILES string of the molecule is C1CCCCC1.CC(C)C(=O)C[N-]C1=CN(C)CCN1C.[K+]. The molecule has 0 aromatic carbocycles. The minimum absolute atomic E-state index is 0. The van der Waals surface area contributed by atoms with E-state index in [-0.39, 0.29) is 63.1 Å². The van der Waals surface area contributed by atoms with E-state index >= 15 is 0 Å². The van der Waals surface area contributed by atoms with Crippen molar-refractivity contribution in [1.29, 1.82) is 0 Å². The Bertz CT molecular complexity index is 329. The number of carbonyl (C=O) groups excluding carboxylic acids is 1. The van der Waals surface area contributed by atoms with Crippen LogP contribution in [0.4, 0.5) is 0 Å². The first-order valence-corrected chi connectivity index (χ1v) is 8.34. The van der Waals surface area contributed by atoms with Gasteiger partial charge in [0.1, 0.15) is 5.78 Å². The smallest absolute Gasteiger partial charge is 0.469 e. The second-order valence-electron chi connectivity index (χ2n) is 6.45. The molecule has 0 amide bonds. The summed E-state index contributed by atoms with van der Waals surface area (Å²) in [5.74, 6) is 1.16. The standard InChI is InChI=1S/C11H20N3O.C6H12.K/c1-9(2)10(15)7-12-11-8-13(3)5-6-14(11)4;1-2-4-6-5-3-1;/h8-9H,5-7H2,1-4H3;1-6H2;/q-1;;+1. The predicted molar refractivity (Wildman–Crippen MR) is 89.1 cm³/mol. The summed E-state index contributed by atoms with van der Waals surface area (Å²) >= 11 is 0. The van der Waals surface area contributed by atoms with Crippen LogP contribution >= 0.6 is 0 Å². The summed E-state index contributed by atoms with van der Waals surface area (Å²) in [6.45, 7) is 6.07. The molecule has 0 bridgehead atoms. The molecule has 22 heavy (non-hydrogen) atoms. The summed E-state index contributed by atoms with van der Waals surface area (Å²) < 4.78 is 0. The molecule has 0 atom stereocenters. The Morgan fingerprint density at radius 3 is 2.05 bits per heavy atom. The van der Waals surface area contributed by atoms with Crippen LogP contribution in [0.15, 0.2) is 12.0 Å². The van der Waals surface area contributed by atoms with Crippen molar-refractivity contribution in [3.05, 3.63) is 17.3 Å². The summed E-state index contributed by atoms with van der Waals surface area (Å²) in [4.78, 5) is 15.6. The van der Waals surface area contributed by atoms with E-state index in [1.165, 1.54) is 38.5 Å². The Kier molecular flexibility index (Phi) is 13.1. The molecule has 0 N–H and O–H groups in total. The summed E-state index contributed by atoms with van der Waals surface area (Å²) in [7, 11) is 4.02. The molecule has 0 spiro atoms. The van der Waals surface area contributed by atoms with Crippen molar-refractivity contribution in [3.8, 4) is 0 Å². The quantitative estimate of drug-likeness (QED) is 0.708. The third-order valence-corrected chi connectivity index (χ3v) is 4.06. The minimum Gasteiger partial charge on any atom is -0.469 e. The van der Waals surface area contributed by atoms with Gasteiger partial charge in [-0.15, -0.1) is 0 Å². The number of hydrogen-bond donors (Lipinski definition) is 0. The van der Waals surface area contributed by atoms with Gasteiger partial charge in [0.2, 0.25) is 0 Å². The van der Waals surface area contributed by atoms with Crippen LogP contribution in [-0.4, -0.2) is 49.3 Å². The molecular formula is C17H32KN3O. The molecule has 122 valence electrons. The van der Waals surface area contributed by atoms with E-state index in [0.717, 1.165) is 18.9 Å². The van der Waals surface area contributed by atoms with Gasteiger partial charge in [-0.05, 0) is 18.6 Å². The molecule has 0 aromatic heterocycles. The fourth-order valence-corrected chi connectivity index (χ4v) is 2.35. The van der Waals surface area contributed by atoms with Gasteiger partial charge in [0, 0.05) is 26.1 Å². The van der Waals surface area contributed by atoms with E-state index in [9.17, 15) is 4.79 Å². The molecular weight excluding hydrogens is 301 g/mol. The van der Waals surface area contributed by atoms with E-state index in [1.807, 2.05) is 34.1 Å². The molecule has 1 saturated carbocycles. The minimum atomic E-state index is 0. The third-order valence-electron chi connectivity index (χ3n) is 4.06. The van der Waals surface area contributed by atoms with Crippen LogP contribution in [0.25, 0.3) is 5.32 Å². The normalized spacial score (nSPS) is 18.0. The van der Waals surface area contributed by atoms with Crippen LogP contribution in [0, 0.1) is 5.92 Å². The zero-order valence-corrected chi connectivity index (χ0v) is 18.4. The van der Waals surface area contributed by atoms with Crippen molar-refractivity contribution in [1.82, 2.24) is 9.80 Å². The molecule has 1 aliphatic carbocycles. The van der Waals surface area contributed by atoms with Crippen LogP contribution in [0.2, 0.25) is 0 Å². The molecule has 2 aliphatic rings.